The number of sulfonamides is 1. The largest absolute Gasteiger partial charge is 0.419 e. The molecule has 1 aliphatic rings. The first-order chi connectivity index (χ1) is 16.7. The summed E-state index contributed by atoms with van der Waals surface area (Å²) in [4.78, 5) is 0.250. The van der Waals surface area contributed by atoms with Gasteiger partial charge in [-0.2, -0.15) is 43.8 Å². The summed E-state index contributed by atoms with van der Waals surface area (Å²) in [5.74, 6) is -1.14. The number of hydrogen-bond donors (Lipinski definition) is 1. The molecule has 2 aromatic carbocycles. The van der Waals surface area contributed by atoms with Gasteiger partial charge in [-0.25, -0.2) is 12.8 Å². The third kappa shape index (κ3) is 5.23. The molecule has 1 atom stereocenters. The third-order valence-corrected chi connectivity index (χ3v) is 7.97. The van der Waals surface area contributed by atoms with Crippen molar-refractivity contribution in [2.45, 2.75) is 41.9 Å². The first-order valence-corrected chi connectivity index (χ1v) is 11.8. The van der Waals surface area contributed by atoms with Crippen LogP contribution < -0.4 is 10.6 Å². The fourth-order valence-electron chi connectivity index (χ4n) is 4.05. The van der Waals surface area contributed by atoms with E-state index >= 15 is 0 Å². The summed E-state index contributed by atoms with van der Waals surface area (Å²) in [7, 11) is -4.70. The SMILES string of the molecule is C[C@@H]1CN(c2ccc(F)cc2C(F)(F)F)CCN1S(=O)(=O)c1cccc(C(N)(C(F)(F)F)C(F)(F)F)c1. The molecule has 0 aromatic heterocycles. The Bertz CT molecular complexity index is 1240. The molecular formula is C21H19F10N3O2S. The van der Waals surface area contributed by atoms with Crippen LogP contribution in [0.4, 0.5) is 49.6 Å². The number of piperazine rings is 1. The van der Waals surface area contributed by atoms with Gasteiger partial charge in [0.2, 0.25) is 15.6 Å². The van der Waals surface area contributed by atoms with Crippen LogP contribution in [0.2, 0.25) is 0 Å². The summed E-state index contributed by atoms with van der Waals surface area (Å²) in [5, 5.41) is 0. The molecule has 2 N–H and O–H groups in total. The Balaban J connectivity index is 1.95. The van der Waals surface area contributed by atoms with Crippen molar-refractivity contribution in [2.75, 3.05) is 24.5 Å². The predicted octanol–water partition coefficient (Wildman–Crippen LogP) is 5.02. The highest BCUT2D eigenvalue weighted by molar-refractivity contribution is 7.89. The zero-order chi connectivity index (χ0) is 28.2. The Morgan fingerprint density at radius 1 is 0.892 bits per heavy atom. The predicted molar refractivity (Wildman–Crippen MR) is 111 cm³/mol. The lowest BCUT2D eigenvalue weighted by atomic mass is 9.89. The zero-order valence-corrected chi connectivity index (χ0v) is 19.5. The number of alkyl halides is 9. The van der Waals surface area contributed by atoms with Gasteiger partial charge in [-0.1, -0.05) is 12.1 Å². The van der Waals surface area contributed by atoms with Crippen LogP contribution >= 0.6 is 0 Å². The highest BCUT2D eigenvalue weighted by Gasteiger charge is 2.69. The molecule has 0 bridgehead atoms. The number of halogens is 10. The normalized spacial score (nSPS) is 18.8. The van der Waals surface area contributed by atoms with Gasteiger partial charge >= 0.3 is 18.5 Å². The van der Waals surface area contributed by atoms with E-state index in [1.165, 1.54) is 6.92 Å². The summed E-state index contributed by atoms with van der Waals surface area (Å²) in [5.41, 5.74) is -3.36. The summed E-state index contributed by atoms with van der Waals surface area (Å²) < 4.78 is 161. The van der Waals surface area contributed by atoms with Crippen LogP contribution in [0.15, 0.2) is 47.4 Å². The van der Waals surface area contributed by atoms with Crippen molar-refractivity contribution < 1.29 is 52.3 Å². The topological polar surface area (TPSA) is 66.6 Å². The lowest BCUT2D eigenvalue weighted by molar-refractivity contribution is -0.301. The van der Waals surface area contributed by atoms with E-state index < -0.39 is 74.2 Å². The molecule has 0 unspecified atom stereocenters. The molecule has 206 valence electrons. The van der Waals surface area contributed by atoms with Crippen molar-refractivity contribution in [3.05, 3.63) is 59.4 Å². The Morgan fingerprint density at radius 2 is 1.49 bits per heavy atom. The van der Waals surface area contributed by atoms with E-state index in [4.69, 9.17) is 5.73 Å². The zero-order valence-electron chi connectivity index (χ0n) is 18.7. The van der Waals surface area contributed by atoms with Gasteiger partial charge in [0.05, 0.1) is 10.5 Å². The number of anilines is 1. The molecule has 5 nitrogen and oxygen atoms in total. The monoisotopic (exact) mass is 567 g/mol. The summed E-state index contributed by atoms with van der Waals surface area (Å²) in [6.45, 7) is 0.168. The Morgan fingerprint density at radius 3 is 2.00 bits per heavy atom. The first-order valence-electron chi connectivity index (χ1n) is 10.4. The minimum Gasteiger partial charge on any atom is -0.368 e. The summed E-state index contributed by atoms with van der Waals surface area (Å²) in [6.07, 6.45) is -17.0. The van der Waals surface area contributed by atoms with Gasteiger partial charge in [0.15, 0.2) is 0 Å². The van der Waals surface area contributed by atoms with Crippen LogP contribution in [0.25, 0.3) is 0 Å². The molecule has 3 rings (SSSR count). The third-order valence-electron chi connectivity index (χ3n) is 5.96. The van der Waals surface area contributed by atoms with Gasteiger partial charge in [0, 0.05) is 31.4 Å². The van der Waals surface area contributed by atoms with E-state index in [1.54, 1.807) is 0 Å². The van der Waals surface area contributed by atoms with Gasteiger partial charge in [-0.15, -0.1) is 0 Å². The van der Waals surface area contributed by atoms with Gasteiger partial charge in [0.25, 0.3) is 0 Å². The van der Waals surface area contributed by atoms with E-state index in [9.17, 15) is 52.3 Å². The lowest BCUT2D eigenvalue weighted by Gasteiger charge is -2.41. The highest BCUT2D eigenvalue weighted by Crippen LogP contribution is 2.48. The summed E-state index contributed by atoms with van der Waals surface area (Å²) >= 11 is 0. The smallest absolute Gasteiger partial charge is 0.368 e. The second-order valence-electron chi connectivity index (χ2n) is 8.40. The minimum absolute atomic E-state index is 0.178. The molecule has 0 saturated carbocycles. The van der Waals surface area contributed by atoms with E-state index in [0.717, 1.165) is 27.4 Å². The number of benzene rings is 2. The maximum Gasteiger partial charge on any atom is 0.419 e. The molecule has 2 aromatic rings. The second-order valence-corrected chi connectivity index (χ2v) is 10.3. The van der Waals surface area contributed by atoms with Crippen molar-refractivity contribution in [1.82, 2.24) is 4.31 Å². The van der Waals surface area contributed by atoms with Crippen molar-refractivity contribution in [3.8, 4) is 0 Å². The van der Waals surface area contributed by atoms with Gasteiger partial charge < -0.3 is 10.6 Å². The van der Waals surface area contributed by atoms with Crippen molar-refractivity contribution in [2.24, 2.45) is 5.73 Å². The van der Waals surface area contributed by atoms with E-state index in [0.29, 0.717) is 12.1 Å². The molecular weight excluding hydrogens is 548 g/mol. The van der Waals surface area contributed by atoms with Gasteiger partial charge in [-0.3, -0.25) is 0 Å². The Hall–Kier alpha value is -2.59. The van der Waals surface area contributed by atoms with Gasteiger partial charge in [0.1, 0.15) is 5.82 Å². The van der Waals surface area contributed by atoms with E-state index in [1.807, 2.05) is 0 Å². The van der Waals surface area contributed by atoms with Crippen molar-refractivity contribution in [3.63, 3.8) is 0 Å². The van der Waals surface area contributed by atoms with Crippen LogP contribution in [0.5, 0.6) is 0 Å². The molecule has 0 radical (unpaired) electrons. The molecule has 1 fully saturated rings. The van der Waals surface area contributed by atoms with Gasteiger partial charge in [-0.05, 0) is 42.8 Å². The van der Waals surface area contributed by atoms with E-state index in [-0.39, 0.29) is 25.2 Å². The first kappa shape index (κ1) is 29.0. The van der Waals surface area contributed by atoms with Crippen LogP contribution in [-0.2, 0) is 21.7 Å². The molecule has 1 heterocycles. The molecule has 0 spiro atoms. The molecule has 1 saturated heterocycles. The lowest BCUT2D eigenvalue weighted by Crippen LogP contribution is -2.60. The molecule has 1 aliphatic heterocycles. The maximum atomic E-state index is 13.4. The fraction of sp³-hybridized carbons (Fsp3) is 0.429. The summed E-state index contributed by atoms with van der Waals surface area (Å²) in [6, 6.07) is 2.93. The average Bonchev–Trinajstić information content (AvgIpc) is 2.76. The number of nitrogens with two attached hydrogens (primary N) is 1. The van der Waals surface area contributed by atoms with Crippen LogP contribution in [0.1, 0.15) is 18.1 Å². The Kier molecular flexibility index (Phi) is 7.29. The number of hydrogen-bond acceptors (Lipinski definition) is 4. The second kappa shape index (κ2) is 9.31. The van der Waals surface area contributed by atoms with Crippen LogP contribution in [0.3, 0.4) is 0 Å². The van der Waals surface area contributed by atoms with Crippen LogP contribution in [0, 0.1) is 5.82 Å². The highest BCUT2D eigenvalue weighted by atomic mass is 32.2. The fourth-order valence-corrected chi connectivity index (χ4v) is 5.71. The standard InChI is InChI=1S/C21H19F10N3O2S/c1-12-11-33(17-6-5-14(22)10-16(17)19(23,24)25)7-8-34(12)37(35,36)15-4-2-3-13(9-15)18(32,20(26,27)28)21(29,30)31/h2-6,9-10,12H,7-8,11,32H2,1H3/t12-/m1/s1. The van der Waals surface area contributed by atoms with Crippen molar-refractivity contribution >= 4 is 15.7 Å². The minimum atomic E-state index is -6.02. The van der Waals surface area contributed by atoms with Crippen LogP contribution in [-0.4, -0.2) is 50.8 Å². The van der Waals surface area contributed by atoms with E-state index in [2.05, 4.69) is 0 Å². The average molecular weight is 567 g/mol. The Labute approximate surface area is 204 Å². The molecule has 37 heavy (non-hydrogen) atoms. The molecule has 16 heteroatoms. The molecule has 0 aliphatic carbocycles. The van der Waals surface area contributed by atoms with Crippen molar-refractivity contribution in [1.29, 1.82) is 0 Å². The number of rotatable bonds is 4. The number of nitrogens with zero attached hydrogens (tertiary/aromatic N) is 2. The molecule has 0 amide bonds. The quantitative estimate of drug-likeness (QED) is 0.527. The maximum absolute atomic E-state index is 13.4.